The zero-order valence-corrected chi connectivity index (χ0v) is 20.0. The molecule has 0 aromatic heterocycles. The Morgan fingerprint density at radius 3 is 2.14 bits per heavy atom. The first-order chi connectivity index (χ1) is 16.6. The Morgan fingerprint density at radius 2 is 1.58 bits per heavy atom. The van der Waals surface area contributed by atoms with Crippen LogP contribution in [0.1, 0.15) is 54.2 Å². The van der Waals surface area contributed by atoms with Crippen LogP contribution in [0.5, 0.6) is 0 Å². The van der Waals surface area contributed by atoms with Gasteiger partial charge in [-0.05, 0) is 51.0 Å². The van der Waals surface area contributed by atoms with E-state index in [1.54, 1.807) is 26.8 Å². The van der Waals surface area contributed by atoms with Crippen LogP contribution in [0.4, 0.5) is 31.1 Å². The third-order valence-electron chi connectivity index (χ3n) is 5.00. The second kappa shape index (κ2) is 11.8. The van der Waals surface area contributed by atoms with Crippen molar-refractivity contribution < 1.29 is 40.7 Å². The van der Waals surface area contributed by atoms with E-state index in [9.17, 15) is 35.9 Å². The number of ether oxygens (including phenoxy) is 1. The lowest BCUT2D eigenvalue weighted by molar-refractivity contribution is -0.138. The Balaban J connectivity index is 0.000000319. The molecule has 1 atom stereocenters. The van der Waals surface area contributed by atoms with Gasteiger partial charge in [0.2, 0.25) is 0 Å². The number of rotatable bonds is 4. The lowest BCUT2D eigenvalue weighted by Crippen LogP contribution is -2.40. The standard InChI is InChI=1S/C17H23F3N2O2.C8H5F3O/c1-16(2,3)24-15(23)21-14-7-8-22(11-14)10-12-5-4-6-13(9-12)17(18,19)20;9-8(10,11)7-3-1-2-6(4-7)5-12/h4-6,9,14H,7-8,10-11H2,1-3H3,(H,21,23);1-5H. The van der Waals surface area contributed by atoms with E-state index in [-0.39, 0.29) is 11.6 Å². The highest BCUT2D eigenvalue weighted by Crippen LogP contribution is 2.30. The van der Waals surface area contributed by atoms with Crippen molar-refractivity contribution in [3.05, 3.63) is 70.8 Å². The average molecular weight is 518 g/mol. The molecule has 1 aliphatic rings. The molecule has 5 nitrogen and oxygen atoms in total. The van der Waals surface area contributed by atoms with E-state index in [1.165, 1.54) is 24.3 Å². The maximum absolute atomic E-state index is 12.7. The number of amides is 1. The number of nitrogens with one attached hydrogen (secondary N) is 1. The number of alkyl carbamates (subject to hydrolysis) is 1. The molecule has 1 saturated heterocycles. The van der Waals surface area contributed by atoms with E-state index in [0.717, 1.165) is 31.2 Å². The van der Waals surface area contributed by atoms with E-state index >= 15 is 0 Å². The second-order valence-electron chi connectivity index (χ2n) is 9.31. The van der Waals surface area contributed by atoms with Crippen molar-refractivity contribution >= 4 is 12.4 Å². The molecule has 0 spiro atoms. The van der Waals surface area contributed by atoms with Crippen molar-refractivity contribution in [3.8, 4) is 0 Å². The topological polar surface area (TPSA) is 58.6 Å². The monoisotopic (exact) mass is 518 g/mol. The maximum atomic E-state index is 12.7. The van der Waals surface area contributed by atoms with Crippen LogP contribution in [0.25, 0.3) is 0 Å². The Bertz CT molecular complexity index is 1030. The highest BCUT2D eigenvalue weighted by molar-refractivity contribution is 5.75. The molecule has 2 aromatic carbocycles. The molecule has 3 rings (SSSR count). The lowest BCUT2D eigenvalue weighted by atomic mass is 10.1. The first kappa shape index (κ1) is 29.2. The second-order valence-corrected chi connectivity index (χ2v) is 9.31. The third-order valence-corrected chi connectivity index (χ3v) is 5.00. The van der Waals surface area contributed by atoms with Crippen LogP contribution in [0.3, 0.4) is 0 Å². The quantitative estimate of drug-likeness (QED) is 0.380. The molecule has 0 aliphatic carbocycles. The summed E-state index contributed by atoms with van der Waals surface area (Å²) in [6.07, 6.45) is -8.04. The van der Waals surface area contributed by atoms with Crippen LogP contribution in [-0.2, 0) is 23.6 Å². The van der Waals surface area contributed by atoms with Crippen molar-refractivity contribution in [2.75, 3.05) is 13.1 Å². The molecule has 1 aliphatic heterocycles. The fraction of sp³-hybridized carbons (Fsp3) is 0.440. The SMILES string of the molecule is CC(C)(C)OC(=O)NC1CCN(Cc2cccc(C(F)(F)F)c2)C1.O=Cc1cccc(C(F)(F)F)c1. The van der Waals surface area contributed by atoms with Crippen LogP contribution < -0.4 is 5.32 Å². The molecular weight excluding hydrogens is 490 g/mol. The van der Waals surface area contributed by atoms with Crippen LogP contribution >= 0.6 is 0 Å². The number of hydrogen-bond acceptors (Lipinski definition) is 4. The zero-order chi connectivity index (χ0) is 27.1. The highest BCUT2D eigenvalue weighted by Gasteiger charge is 2.31. The molecular formula is C25H28F6N2O3. The van der Waals surface area contributed by atoms with Gasteiger partial charge in [-0.25, -0.2) is 4.79 Å². The molecule has 0 saturated carbocycles. The Labute approximate surface area is 205 Å². The van der Waals surface area contributed by atoms with Crippen molar-refractivity contribution in [2.45, 2.75) is 57.7 Å². The Hall–Kier alpha value is -3.08. The number of aldehydes is 1. The highest BCUT2D eigenvalue weighted by atomic mass is 19.4. The zero-order valence-electron chi connectivity index (χ0n) is 20.0. The van der Waals surface area contributed by atoms with Crippen molar-refractivity contribution in [1.82, 2.24) is 10.2 Å². The minimum absolute atomic E-state index is 0.0322. The van der Waals surface area contributed by atoms with Gasteiger partial charge in [-0.15, -0.1) is 0 Å². The third kappa shape index (κ3) is 9.88. The van der Waals surface area contributed by atoms with Gasteiger partial charge >= 0.3 is 18.4 Å². The molecule has 198 valence electrons. The van der Waals surface area contributed by atoms with Crippen LogP contribution in [0.2, 0.25) is 0 Å². The van der Waals surface area contributed by atoms with Gasteiger partial charge in [0.1, 0.15) is 11.9 Å². The molecule has 1 heterocycles. The number of carbonyl (C=O) groups excluding carboxylic acids is 2. The summed E-state index contributed by atoms with van der Waals surface area (Å²) in [7, 11) is 0. The van der Waals surface area contributed by atoms with Gasteiger partial charge in [0, 0.05) is 31.2 Å². The molecule has 0 bridgehead atoms. The summed E-state index contributed by atoms with van der Waals surface area (Å²) < 4.78 is 79.4. The summed E-state index contributed by atoms with van der Waals surface area (Å²) in [5.41, 5.74) is -1.34. The minimum Gasteiger partial charge on any atom is -0.444 e. The summed E-state index contributed by atoms with van der Waals surface area (Å²) in [5.74, 6) is 0. The smallest absolute Gasteiger partial charge is 0.416 e. The summed E-state index contributed by atoms with van der Waals surface area (Å²) in [4.78, 5) is 23.9. The Kier molecular flexibility index (Phi) is 9.53. The van der Waals surface area contributed by atoms with E-state index in [0.29, 0.717) is 24.9 Å². The van der Waals surface area contributed by atoms with Crippen molar-refractivity contribution in [1.29, 1.82) is 0 Å². The fourth-order valence-corrected chi connectivity index (χ4v) is 3.46. The van der Waals surface area contributed by atoms with Gasteiger partial charge in [0.05, 0.1) is 11.1 Å². The number of benzene rings is 2. The number of halogens is 6. The summed E-state index contributed by atoms with van der Waals surface area (Å²) in [5, 5.41) is 2.80. The summed E-state index contributed by atoms with van der Waals surface area (Å²) >= 11 is 0. The van der Waals surface area contributed by atoms with Crippen LogP contribution in [0.15, 0.2) is 48.5 Å². The van der Waals surface area contributed by atoms with Gasteiger partial charge in [-0.3, -0.25) is 9.69 Å². The van der Waals surface area contributed by atoms with E-state index in [4.69, 9.17) is 4.74 Å². The summed E-state index contributed by atoms with van der Waals surface area (Å²) in [6.45, 7) is 7.12. The number of carbonyl (C=O) groups is 2. The van der Waals surface area contributed by atoms with Crippen LogP contribution in [-0.4, -0.2) is 42.0 Å². The molecule has 11 heteroatoms. The lowest BCUT2D eigenvalue weighted by Gasteiger charge is -2.22. The van der Waals surface area contributed by atoms with E-state index < -0.39 is 35.2 Å². The molecule has 1 N–H and O–H groups in total. The van der Waals surface area contributed by atoms with Gasteiger partial charge in [0.15, 0.2) is 0 Å². The number of alkyl halides is 6. The molecule has 1 unspecified atom stereocenters. The van der Waals surface area contributed by atoms with Gasteiger partial charge in [-0.2, -0.15) is 26.3 Å². The summed E-state index contributed by atoms with van der Waals surface area (Å²) in [6, 6.07) is 9.56. The van der Waals surface area contributed by atoms with Gasteiger partial charge in [0.25, 0.3) is 0 Å². The number of nitrogens with zero attached hydrogens (tertiary/aromatic N) is 1. The molecule has 0 radical (unpaired) electrons. The first-order valence-electron chi connectivity index (χ1n) is 11.1. The molecule has 1 fully saturated rings. The molecule has 36 heavy (non-hydrogen) atoms. The Morgan fingerprint density at radius 1 is 1.00 bits per heavy atom. The van der Waals surface area contributed by atoms with Crippen LogP contribution in [0, 0.1) is 0 Å². The number of likely N-dealkylation sites (tertiary alicyclic amines) is 1. The maximum Gasteiger partial charge on any atom is 0.416 e. The fourth-order valence-electron chi connectivity index (χ4n) is 3.46. The normalized spacial score (nSPS) is 16.6. The van der Waals surface area contributed by atoms with Gasteiger partial charge < -0.3 is 10.1 Å². The predicted octanol–water partition coefficient (Wildman–Crippen LogP) is 6.32. The largest absolute Gasteiger partial charge is 0.444 e. The first-order valence-corrected chi connectivity index (χ1v) is 11.1. The van der Waals surface area contributed by atoms with E-state index in [2.05, 4.69) is 5.32 Å². The van der Waals surface area contributed by atoms with Crippen molar-refractivity contribution in [3.63, 3.8) is 0 Å². The predicted molar refractivity (Wildman–Crippen MR) is 121 cm³/mol. The van der Waals surface area contributed by atoms with E-state index in [1.807, 2.05) is 4.90 Å². The molecule has 1 amide bonds. The van der Waals surface area contributed by atoms with Crippen molar-refractivity contribution in [2.24, 2.45) is 0 Å². The number of hydrogen-bond donors (Lipinski definition) is 1. The minimum atomic E-state index is -4.38. The van der Waals surface area contributed by atoms with Gasteiger partial charge in [-0.1, -0.05) is 30.3 Å². The average Bonchev–Trinajstić information content (AvgIpc) is 3.18. The molecule has 2 aromatic rings.